The Hall–Kier alpha value is -1.34. The molecule has 0 aromatic heterocycles. The van der Waals surface area contributed by atoms with Gasteiger partial charge < -0.3 is 20.4 Å². The Kier molecular flexibility index (Phi) is 5.94. The molecule has 136 valence electrons. The van der Waals surface area contributed by atoms with Crippen LogP contribution in [-0.4, -0.2) is 92.1 Å². The van der Waals surface area contributed by atoms with Crippen LogP contribution in [0.25, 0.3) is 0 Å². The zero-order valence-electron chi connectivity index (χ0n) is 14.8. The van der Waals surface area contributed by atoms with Gasteiger partial charge in [-0.25, -0.2) is 4.79 Å². The Labute approximate surface area is 144 Å². The van der Waals surface area contributed by atoms with E-state index in [9.17, 15) is 9.59 Å². The van der Waals surface area contributed by atoms with Gasteiger partial charge in [0.05, 0.1) is 6.54 Å². The molecule has 2 N–H and O–H groups in total. The van der Waals surface area contributed by atoms with Gasteiger partial charge in [0, 0.05) is 25.7 Å². The van der Waals surface area contributed by atoms with Crippen LogP contribution in [-0.2, 0) is 4.79 Å². The van der Waals surface area contributed by atoms with Gasteiger partial charge in [0.1, 0.15) is 0 Å². The first-order chi connectivity index (χ1) is 11.6. The number of hydrogen-bond acceptors (Lipinski definition) is 4. The molecule has 0 aliphatic carbocycles. The second-order valence-electron chi connectivity index (χ2n) is 7.54. The number of urea groups is 1. The van der Waals surface area contributed by atoms with Gasteiger partial charge in [-0.15, -0.1) is 0 Å². The molecule has 3 heterocycles. The molecule has 3 rings (SSSR count). The van der Waals surface area contributed by atoms with Crippen molar-refractivity contribution in [2.75, 3.05) is 59.4 Å². The molecule has 0 atom stereocenters. The minimum Gasteiger partial charge on any atom is -0.352 e. The zero-order valence-corrected chi connectivity index (χ0v) is 14.8. The number of rotatable bonds is 5. The van der Waals surface area contributed by atoms with Gasteiger partial charge in [0.25, 0.3) is 0 Å². The van der Waals surface area contributed by atoms with Crippen LogP contribution in [0.3, 0.4) is 0 Å². The Balaban J connectivity index is 1.33. The second kappa shape index (κ2) is 8.16. The third kappa shape index (κ3) is 4.83. The van der Waals surface area contributed by atoms with Gasteiger partial charge in [-0.05, 0) is 64.8 Å². The van der Waals surface area contributed by atoms with E-state index in [1.807, 2.05) is 4.90 Å². The van der Waals surface area contributed by atoms with Crippen molar-refractivity contribution in [3.8, 4) is 0 Å². The number of likely N-dealkylation sites (tertiary alicyclic amines) is 2. The molecule has 3 aliphatic heterocycles. The third-order valence-corrected chi connectivity index (χ3v) is 5.58. The lowest BCUT2D eigenvalue weighted by Crippen LogP contribution is -2.48. The van der Waals surface area contributed by atoms with E-state index in [0.29, 0.717) is 18.5 Å². The lowest BCUT2D eigenvalue weighted by atomic mass is 9.96. The van der Waals surface area contributed by atoms with Crippen LogP contribution < -0.4 is 10.6 Å². The minimum atomic E-state index is 0.0786. The summed E-state index contributed by atoms with van der Waals surface area (Å²) in [4.78, 5) is 30.3. The van der Waals surface area contributed by atoms with Crippen molar-refractivity contribution in [3.05, 3.63) is 0 Å². The van der Waals surface area contributed by atoms with Gasteiger partial charge in [0.15, 0.2) is 0 Å². The highest BCUT2D eigenvalue weighted by atomic mass is 16.2. The number of nitrogens with zero attached hydrogens (tertiary/aromatic N) is 3. The average molecular weight is 337 g/mol. The molecule has 24 heavy (non-hydrogen) atoms. The summed E-state index contributed by atoms with van der Waals surface area (Å²) >= 11 is 0. The van der Waals surface area contributed by atoms with E-state index in [0.717, 1.165) is 71.5 Å². The lowest BCUT2D eigenvalue weighted by Gasteiger charge is -2.34. The van der Waals surface area contributed by atoms with Crippen LogP contribution in [0, 0.1) is 5.92 Å². The summed E-state index contributed by atoms with van der Waals surface area (Å²) in [6.45, 7) is 7.04. The molecule has 0 aromatic carbocycles. The maximum atomic E-state index is 12.2. The minimum absolute atomic E-state index is 0.0786. The van der Waals surface area contributed by atoms with Crippen LogP contribution in [0.1, 0.15) is 25.7 Å². The summed E-state index contributed by atoms with van der Waals surface area (Å²) in [6, 6.07) is 0.426. The van der Waals surface area contributed by atoms with E-state index in [-0.39, 0.29) is 11.9 Å². The molecule has 3 saturated heterocycles. The first kappa shape index (κ1) is 17.5. The topological polar surface area (TPSA) is 67.9 Å². The maximum Gasteiger partial charge on any atom is 0.317 e. The molecule has 0 aromatic rings. The first-order valence-corrected chi connectivity index (χ1v) is 9.33. The Morgan fingerprint density at radius 1 is 1.12 bits per heavy atom. The number of carbonyl (C=O) groups excluding carboxylic acids is 2. The molecule has 7 nitrogen and oxygen atoms in total. The normalized spacial score (nSPS) is 25.0. The zero-order chi connectivity index (χ0) is 16.9. The molecule has 7 heteroatoms. The van der Waals surface area contributed by atoms with Crippen LogP contribution in [0.2, 0.25) is 0 Å². The number of piperidine rings is 2. The monoisotopic (exact) mass is 337 g/mol. The largest absolute Gasteiger partial charge is 0.352 e. The van der Waals surface area contributed by atoms with Crippen LogP contribution in [0.4, 0.5) is 4.79 Å². The van der Waals surface area contributed by atoms with E-state index < -0.39 is 0 Å². The van der Waals surface area contributed by atoms with Crippen molar-refractivity contribution in [1.82, 2.24) is 25.3 Å². The highest BCUT2D eigenvalue weighted by molar-refractivity contribution is 5.78. The summed E-state index contributed by atoms with van der Waals surface area (Å²) in [5.74, 6) is 0.740. The Morgan fingerprint density at radius 2 is 1.83 bits per heavy atom. The number of amides is 3. The molecule has 0 bridgehead atoms. The molecular formula is C17H31N5O2. The van der Waals surface area contributed by atoms with Crippen molar-refractivity contribution in [2.45, 2.75) is 31.7 Å². The van der Waals surface area contributed by atoms with E-state index in [2.05, 4.69) is 27.5 Å². The fourth-order valence-electron chi connectivity index (χ4n) is 3.95. The smallest absolute Gasteiger partial charge is 0.317 e. The van der Waals surface area contributed by atoms with Gasteiger partial charge in [-0.2, -0.15) is 0 Å². The number of hydrogen-bond donors (Lipinski definition) is 2. The molecule has 0 unspecified atom stereocenters. The van der Waals surface area contributed by atoms with Gasteiger partial charge in [0.2, 0.25) is 5.91 Å². The maximum absolute atomic E-state index is 12.2. The molecule has 3 aliphatic rings. The SMILES string of the molecule is CN1CCC(NC(=O)CN2CCC(CN3CCNC3=O)CC2)CC1. The van der Waals surface area contributed by atoms with Crippen LogP contribution >= 0.6 is 0 Å². The van der Waals surface area contributed by atoms with Crippen molar-refractivity contribution >= 4 is 11.9 Å². The Bertz CT molecular complexity index is 442. The predicted molar refractivity (Wildman–Crippen MR) is 92.8 cm³/mol. The highest BCUT2D eigenvalue weighted by Crippen LogP contribution is 2.19. The molecule has 0 saturated carbocycles. The van der Waals surface area contributed by atoms with Gasteiger partial charge in [-0.1, -0.05) is 0 Å². The van der Waals surface area contributed by atoms with Crippen LogP contribution in [0.15, 0.2) is 0 Å². The fourth-order valence-corrected chi connectivity index (χ4v) is 3.95. The number of nitrogens with one attached hydrogen (secondary N) is 2. The summed E-state index contributed by atoms with van der Waals surface area (Å²) < 4.78 is 0. The molecule has 3 fully saturated rings. The summed E-state index contributed by atoms with van der Waals surface area (Å²) in [5.41, 5.74) is 0. The summed E-state index contributed by atoms with van der Waals surface area (Å²) in [6.07, 6.45) is 4.26. The second-order valence-corrected chi connectivity index (χ2v) is 7.54. The van der Waals surface area contributed by atoms with Crippen molar-refractivity contribution in [1.29, 1.82) is 0 Å². The predicted octanol–water partition coefficient (Wildman–Crippen LogP) is -0.0660. The molecule has 0 radical (unpaired) electrons. The third-order valence-electron chi connectivity index (χ3n) is 5.58. The van der Waals surface area contributed by atoms with Gasteiger partial charge >= 0.3 is 6.03 Å². The molecular weight excluding hydrogens is 306 g/mol. The average Bonchev–Trinajstić information content (AvgIpc) is 2.96. The Morgan fingerprint density at radius 3 is 2.46 bits per heavy atom. The van der Waals surface area contributed by atoms with Crippen molar-refractivity contribution < 1.29 is 9.59 Å². The van der Waals surface area contributed by atoms with E-state index in [1.165, 1.54) is 0 Å². The van der Waals surface area contributed by atoms with E-state index >= 15 is 0 Å². The lowest BCUT2D eigenvalue weighted by molar-refractivity contribution is -0.123. The number of carbonyl (C=O) groups is 2. The first-order valence-electron chi connectivity index (χ1n) is 9.33. The molecule has 0 spiro atoms. The van der Waals surface area contributed by atoms with Crippen molar-refractivity contribution in [3.63, 3.8) is 0 Å². The fraction of sp³-hybridized carbons (Fsp3) is 0.882. The molecule has 3 amide bonds. The highest BCUT2D eigenvalue weighted by Gasteiger charge is 2.27. The van der Waals surface area contributed by atoms with E-state index in [1.54, 1.807) is 0 Å². The van der Waals surface area contributed by atoms with Crippen LogP contribution in [0.5, 0.6) is 0 Å². The standard InChI is InChI=1S/C17H31N5O2/c1-20-7-4-15(5-8-20)19-16(23)13-21-9-2-14(3-10-21)12-22-11-6-18-17(22)24/h14-15H,2-13H2,1H3,(H,18,24)(H,19,23). The van der Waals surface area contributed by atoms with Crippen molar-refractivity contribution in [2.24, 2.45) is 5.92 Å². The summed E-state index contributed by atoms with van der Waals surface area (Å²) in [5, 5.41) is 6.05. The quantitative estimate of drug-likeness (QED) is 0.737. The van der Waals surface area contributed by atoms with Gasteiger partial charge in [-0.3, -0.25) is 9.69 Å². The van der Waals surface area contributed by atoms with E-state index in [4.69, 9.17) is 0 Å². The summed E-state index contributed by atoms with van der Waals surface area (Å²) in [7, 11) is 2.13.